The van der Waals surface area contributed by atoms with E-state index in [9.17, 15) is 13.2 Å². The zero-order chi connectivity index (χ0) is 15.6. The molecule has 6 nitrogen and oxygen atoms in total. The molecule has 114 valence electrons. The summed E-state index contributed by atoms with van der Waals surface area (Å²) in [6.07, 6.45) is 0.329. The summed E-state index contributed by atoms with van der Waals surface area (Å²) in [6.45, 7) is 1.88. The number of hydrogen-bond donors (Lipinski definition) is 2. The number of carboxylic acids is 1. The molecule has 2 aromatic heterocycles. The number of hydrogen-bond acceptors (Lipinski definition) is 6. The van der Waals surface area contributed by atoms with E-state index < -0.39 is 16.0 Å². The van der Waals surface area contributed by atoms with Crippen LogP contribution in [0.5, 0.6) is 0 Å². The van der Waals surface area contributed by atoms with Crippen LogP contribution < -0.4 is 4.72 Å². The smallest absolute Gasteiger partial charge is 0.355 e. The molecule has 2 rings (SSSR count). The topological polar surface area (TPSA) is 96.4 Å². The van der Waals surface area contributed by atoms with Gasteiger partial charge in [0, 0.05) is 18.3 Å². The highest BCUT2D eigenvalue weighted by molar-refractivity contribution is 7.91. The molecule has 21 heavy (non-hydrogen) atoms. The van der Waals surface area contributed by atoms with Crippen LogP contribution in [0.2, 0.25) is 4.34 Å². The van der Waals surface area contributed by atoms with Gasteiger partial charge in [-0.05, 0) is 18.6 Å². The number of rotatable bonds is 6. The van der Waals surface area contributed by atoms with Crippen molar-refractivity contribution < 1.29 is 18.3 Å². The number of nitrogens with zero attached hydrogens (tertiary/aromatic N) is 1. The molecular formula is C11H11ClN2O4S3. The number of halogens is 1. The van der Waals surface area contributed by atoms with Gasteiger partial charge in [0.05, 0.1) is 9.34 Å². The van der Waals surface area contributed by atoms with Crippen molar-refractivity contribution in [3.05, 3.63) is 32.0 Å². The Morgan fingerprint density at radius 1 is 1.52 bits per heavy atom. The van der Waals surface area contributed by atoms with Crippen LogP contribution in [0.3, 0.4) is 0 Å². The van der Waals surface area contributed by atoms with Gasteiger partial charge in [0.25, 0.3) is 0 Å². The number of carboxylic acid groups (broad SMARTS) is 1. The number of aromatic carboxylic acids is 1. The number of thiazole rings is 1. The first-order chi connectivity index (χ1) is 9.79. The summed E-state index contributed by atoms with van der Waals surface area (Å²) in [5, 5.41) is 10.7. The average molecular weight is 367 g/mol. The van der Waals surface area contributed by atoms with Crippen LogP contribution in [0.25, 0.3) is 0 Å². The SMILES string of the molecule is Cc1cc(S(=O)(=O)NCCc2nc(C(=O)O)cs2)sc1Cl. The van der Waals surface area contributed by atoms with Crippen molar-refractivity contribution in [1.82, 2.24) is 9.71 Å². The molecule has 0 spiro atoms. The quantitative estimate of drug-likeness (QED) is 0.818. The summed E-state index contributed by atoms with van der Waals surface area (Å²) >= 11 is 8.05. The average Bonchev–Trinajstić information content (AvgIpc) is 2.98. The van der Waals surface area contributed by atoms with E-state index in [1.165, 1.54) is 22.8 Å². The van der Waals surface area contributed by atoms with Crippen LogP contribution in [0.1, 0.15) is 21.1 Å². The predicted molar refractivity (Wildman–Crippen MR) is 82.0 cm³/mol. The van der Waals surface area contributed by atoms with Crippen molar-refractivity contribution in [2.75, 3.05) is 6.54 Å². The predicted octanol–water partition coefficient (Wildman–Crippen LogP) is 2.39. The highest BCUT2D eigenvalue weighted by atomic mass is 35.5. The molecule has 0 aliphatic rings. The Hall–Kier alpha value is -1.00. The van der Waals surface area contributed by atoms with Gasteiger partial charge in [0.2, 0.25) is 10.0 Å². The number of thiophene rings is 1. The first kappa shape index (κ1) is 16.4. The van der Waals surface area contributed by atoms with Crippen molar-refractivity contribution >= 4 is 50.3 Å². The summed E-state index contributed by atoms with van der Waals surface area (Å²) in [6, 6.07) is 1.52. The molecule has 0 saturated heterocycles. The van der Waals surface area contributed by atoms with Crippen LogP contribution in [0.15, 0.2) is 15.7 Å². The molecule has 0 saturated carbocycles. The fourth-order valence-electron chi connectivity index (χ4n) is 1.45. The van der Waals surface area contributed by atoms with Gasteiger partial charge in [-0.25, -0.2) is 22.9 Å². The highest BCUT2D eigenvalue weighted by Crippen LogP contribution is 2.29. The van der Waals surface area contributed by atoms with Gasteiger partial charge in [-0.2, -0.15) is 0 Å². The summed E-state index contributed by atoms with van der Waals surface area (Å²) in [7, 11) is -3.60. The van der Waals surface area contributed by atoms with Gasteiger partial charge in [-0.1, -0.05) is 11.6 Å². The van der Waals surface area contributed by atoms with E-state index in [1.54, 1.807) is 6.92 Å². The normalized spacial score (nSPS) is 11.7. The van der Waals surface area contributed by atoms with Crippen molar-refractivity contribution in [3.8, 4) is 0 Å². The second kappa shape index (κ2) is 6.41. The Bertz CT molecular complexity index is 747. The van der Waals surface area contributed by atoms with Crippen LogP contribution in [0, 0.1) is 6.92 Å². The lowest BCUT2D eigenvalue weighted by molar-refractivity contribution is 0.0691. The lowest BCUT2D eigenvalue weighted by atomic mass is 10.4. The van der Waals surface area contributed by atoms with Gasteiger partial charge >= 0.3 is 5.97 Å². The molecule has 2 N–H and O–H groups in total. The summed E-state index contributed by atoms with van der Waals surface area (Å²) < 4.78 is 27.1. The first-order valence-electron chi connectivity index (χ1n) is 5.73. The maximum absolute atomic E-state index is 12.0. The number of aryl methyl sites for hydroxylation is 1. The van der Waals surface area contributed by atoms with E-state index in [0.29, 0.717) is 21.3 Å². The number of carbonyl (C=O) groups is 1. The molecule has 0 atom stereocenters. The maximum atomic E-state index is 12.0. The van der Waals surface area contributed by atoms with Crippen molar-refractivity contribution in [2.24, 2.45) is 0 Å². The van der Waals surface area contributed by atoms with Crippen molar-refractivity contribution in [3.63, 3.8) is 0 Å². The third-order valence-corrected chi connectivity index (χ3v) is 6.90. The van der Waals surface area contributed by atoms with E-state index in [4.69, 9.17) is 16.7 Å². The maximum Gasteiger partial charge on any atom is 0.355 e. The fourth-order valence-corrected chi connectivity index (χ4v) is 5.01. The molecule has 0 bridgehead atoms. The highest BCUT2D eigenvalue weighted by Gasteiger charge is 2.18. The van der Waals surface area contributed by atoms with E-state index in [1.807, 2.05) is 0 Å². The van der Waals surface area contributed by atoms with Gasteiger partial charge in [-0.15, -0.1) is 22.7 Å². The number of nitrogens with one attached hydrogen (secondary N) is 1. The second-order valence-corrected chi connectivity index (χ2v) is 8.69. The number of aromatic nitrogens is 1. The van der Waals surface area contributed by atoms with Gasteiger partial charge < -0.3 is 5.11 Å². The Kier molecular flexibility index (Phi) is 4.99. The van der Waals surface area contributed by atoms with Crippen LogP contribution >= 0.6 is 34.3 Å². The van der Waals surface area contributed by atoms with Crippen LogP contribution in [-0.2, 0) is 16.4 Å². The molecule has 0 fully saturated rings. The third kappa shape index (κ3) is 4.01. The van der Waals surface area contributed by atoms with E-state index in [0.717, 1.165) is 11.3 Å². The molecule has 2 aromatic rings. The minimum absolute atomic E-state index is 0.0291. The largest absolute Gasteiger partial charge is 0.476 e. The van der Waals surface area contributed by atoms with Crippen molar-refractivity contribution in [1.29, 1.82) is 0 Å². The molecule has 0 radical (unpaired) electrons. The molecule has 10 heteroatoms. The lowest BCUT2D eigenvalue weighted by Crippen LogP contribution is -2.25. The van der Waals surface area contributed by atoms with Gasteiger partial charge in [0.1, 0.15) is 4.21 Å². The van der Waals surface area contributed by atoms with E-state index in [2.05, 4.69) is 9.71 Å². The molecule has 0 aliphatic carbocycles. The van der Waals surface area contributed by atoms with Gasteiger partial charge in [-0.3, -0.25) is 0 Å². The zero-order valence-corrected chi connectivity index (χ0v) is 14.0. The van der Waals surface area contributed by atoms with Crippen molar-refractivity contribution in [2.45, 2.75) is 17.6 Å². The summed E-state index contributed by atoms with van der Waals surface area (Å²) in [5.41, 5.74) is 0.687. The minimum Gasteiger partial charge on any atom is -0.476 e. The summed E-state index contributed by atoms with van der Waals surface area (Å²) in [4.78, 5) is 14.6. The fraction of sp³-hybridized carbons (Fsp3) is 0.273. The monoisotopic (exact) mass is 366 g/mol. The van der Waals surface area contributed by atoms with E-state index >= 15 is 0 Å². The third-order valence-electron chi connectivity index (χ3n) is 2.50. The summed E-state index contributed by atoms with van der Waals surface area (Å²) in [5.74, 6) is -1.10. The Morgan fingerprint density at radius 2 is 2.24 bits per heavy atom. The molecule has 0 aliphatic heterocycles. The van der Waals surface area contributed by atoms with E-state index in [-0.39, 0.29) is 16.4 Å². The first-order valence-corrected chi connectivity index (χ1v) is 9.28. The van der Waals surface area contributed by atoms with Gasteiger partial charge in [0.15, 0.2) is 5.69 Å². The van der Waals surface area contributed by atoms with Crippen LogP contribution in [-0.4, -0.2) is 31.0 Å². The molecule has 0 aromatic carbocycles. The van der Waals surface area contributed by atoms with Crippen LogP contribution in [0.4, 0.5) is 0 Å². The Balaban J connectivity index is 1.97. The molecule has 2 heterocycles. The molecule has 0 amide bonds. The standard InChI is InChI=1S/C11H11ClN2O4S3/c1-6-4-9(20-10(6)12)21(17,18)13-3-2-8-14-7(5-19-8)11(15)16/h4-5,13H,2-3H2,1H3,(H,15,16). The molecular weight excluding hydrogens is 356 g/mol. The number of sulfonamides is 1. The second-order valence-electron chi connectivity index (χ2n) is 4.10. The lowest BCUT2D eigenvalue weighted by Gasteiger charge is -2.02. The molecule has 0 unspecified atom stereocenters. The Morgan fingerprint density at radius 3 is 2.76 bits per heavy atom. The zero-order valence-electron chi connectivity index (χ0n) is 10.8. The minimum atomic E-state index is -3.60. The Labute approximate surface area is 134 Å².